The summed E-state index contributed by atoms with van der Waals surface area (Å²) in [5.41, 5.74) is 2.40. The van der Waals surface area contributed by atoms with E-state index in [9.17, 15) is 14.7 Å². The highest BCUT2D eigenvalue weighted by atomic mass is 35.5. The van der Waals surface area contributed by atoms with Crippen LogP contribution in [0.15, 0.2) is 72.3 Å². The molecule has 34 heavy (non-hydrogen) atoms. The molecule has 1 unspecified atom stereocenters. The van der Waals surface area contributed by atoms with Crippen LogP contribution in [0.5, 0.6) is 5.75 Å². The van der Waals surface area contributed by atoms with Crippen LogP contribution in [0.25, 0.3) is 5.76 Å². The van der Waals surface area contributed by atoms with Crippen LogP contribution in [0.4, 0.5) is 5.69 Å². The Morgan fingerprint density at radius 2 is 1.74 bits per heavy atom. The van der Waals surface area contributed by atoms with Gasteiger partial charge in [-0.25, -0.2) is 0 Å². The Morgan fingerprint density at radius 3 is 2.38 bits per heavy atom. The molecule has 1 heterocycles. The van der Waals surface area contributed by atoms with Gasteiger partial charge in [0.25, 0.3) is 11.7 Å². The molecule has 5 nitrogen and oxygen atoms in total. The third-order valence-corrected chi connectivity index (χ3v) is 6.32. The number of benzene rings is 3. The SMILES string of the molecule is CCCOc1ccc(/C(O)=C2/C(=O)C(=O)N(c3cccc(C)c3)C2c2ccc(Cl)c(Cl)c2)cc1. The number of aliphatic hydroxyl groups excluding tert-OH is 1. The zero-order valence-corrected chi connectivity index (χ0v) is 20.2. The third kappa shape index (κ3) is 4.54. The Kier molecular flexibility index (Phi) is 6.96. The lowest BCUT2D eigenvalue weighted by molar-refractivity contribution is -0.132. The minimum atomic E-state index is -0.882. The standard InChI is InChI=1S/C27H23Cl2NO4/c1-3-13-34-20-10-7-17(8-11-20)25(31)23-24(18-9-12-21(28)22(29)15-18)30(27(33)26(23)32)19-6-4-5-16(2)14-19/h4-12,14-15,24,31H,3,13H2,1-2H3/b25-23-. The molecule has 4 rings (SSSR count). The number of carbonyl (C=O) groups is 2. The molecule has 0 aliphatic carbocycles. The molecule has 7 heteroatoms. The average Bonchev–Trinajstić information content (AvgIpc) is 3.10. The fraction of sp³-hybridized carbons (Fsp3) is 0.185. The maximum atomic E-state index is 13.2. The third-order valence-electron chi connectivity index (χ3n) is 5.58. The highest BCUT2D eigenvalue weighted by Crippen LogP contribution is 2.43. The van der Waals surface area contributed by atoms with Gasteiger partial charge in [-0.05, 0) is 73.0 Å². The Bertz CT molecular complexity index is 1280. The molecule has 1 atom stereocenters. The first-order chi connectivity index (χ1) is 16.3. The van der Waals surface area contributed by atoms with Gasteiger partial charge in [-0.3, -0.25) is 14.5 Å². The molecule has 0 radical (unpaired) electrons. The Morgan fingerprint density at radius 1 is 1.00 bits per heavy atom. The highest BCUT2D eigenvalue weighted by Gasteiger charge is 2.47. The molecule has 1 fully saturated rings. The van der Waals surface area contributed by atoms with Crippen molar-refractivity contribution in [1.29, 1.82) is 0 Å². The summed E-state index contributed by atoms with van der Waals surface area (Å²) in [5.74, 6) is -1.13. The number of hydrogen-bond acceptors (Lipinski definition) is 4. The number of hydrogen-bond donors (Lipinski definition) is 1. The number of ketones is 1. The highest BCUT2D eigenvalue weighted by molar-refractivity contribution is 6.51. The first-order valence-electron chi connectivity index (χ1n) is 10.9. The monoisotopic (exact) mass is 495 g/mol. The van der Waals surface area contributed by atoms with E-state index in [1.807, 2.05) is 32.0 Å². The molecule has 1 saturated heterocycles. The van der Waals surface area contributed by atoms with Crippen molar-refractivity contribution >= 4 is 46.3 Å². The molecule has 0 aromatic heterocycles. The number of rotatable bonds is 6. The molecule has 0 spiro atoms. The Hall–Kier alpha value is -3.28. The van der Waals surface area contributed by atoms with Gasteiger partial charge in [-0.1, -0.05) is 48.3 Å². The summed E-state index contributed by atoms with van der Waals surface area (Å²) in [5, 5.41) is 11.9. The number of anilines is 1. The second-order valence-electron chi connectivity index (χ2n) is 8.05. The molecule has 174 valence electrons. The van der Waals surface area contributed by atoms with Gasteiger partial charge in [0.2, 0.25) is 0 Å². The second-order valence-corrected chi connectivity index (χ2v) is 8.87. The van der Waals surface area contributed by atoms with E-state index in [2.05, 4.69) is 0 Å². The van der Waals surface area contributed by atoms with Crippen molar-refractivity contribution in [3.05, 3.63) is 99.0 Å². The molecule has 1 aliphatic heterocycles. The molecule has 0 bridgehead atoms. The van der Waals surface area contributed by atoms with Crippen LogP contribution < -0.4 is 9.64 Å². The summed E-state index contributed by atoms with van der Waals surface area (Å²) in [7, 11) is 0. The number of aryl methyl sites for hydroxylation is 1. The fourth-order valence-electron chi connectivity index (χ4n) is 3.96. The maximum absolute atomic E-state index is 13.2. The van der Waals surface area contributed by atoms with Gasteiger partial charge >= 0.3 is 0 Å². The van der Waals surface area contributed by atoms with Crippen molar-refractivity contribution in [1.82, 2.24) is 0 Å². The van der Waals surface area contributed by atoms with Crippen LogP contribution in [0, 0.1) is 6.92 Å². The molecular weight excluding hydrogens is 473 g/mol. The Balaban J connectivity index is 1.87. The first-order valence-corrected chi connectivity index (χ1v) is 11.6. The van der Waals surface area contributed by atoms with E-state index >= 15 is 0 Å². The van der Waals surface area contributed by atoms with E-state index in [-0.39, 0.29) is 16.4 Å². The van der Waals surface area contributed by atoms with Crippen LogP contribution >= 0.6 is 23.2 Å². The molecule has 3 aromatic carbocycles. The van der Waals surface area contributed by atoms with Gasteiger partial charge in [-0.15, -0.1) is 0 Å². The van der Waals surface area contributed by atoms with Crippen molar-refractivity contribution in [2.45, 2.75) is 26.3 Å². The largest absolute Gasteiger partial charge is 0.507 e. The predicted molar refractivity (Wildman–Crippen MR) is 135 cm³/mol. The molecule has 3 aromatic rings. The van der Waals surface area contributed by atoms with Crippen molar-refractivity contribution in [3.8, 4) is 5.75 Å². The smallest absolute Gasteiger partial charge is 0.300 e. The van der Waals surface area contributed by atoms with Gasteiger partial charge in [-0.2, -0.15) is 0 Å². The predicted octanol–water partition coefficient (Wildman–Crippen LogP) is 6.72. The van der Waals surface area contributed by atoms with E-state index in [4.69, 9.17) is 27.9 Å². The summed E-state index contributed by atoms with van der Waals surface area (Å²) in [6.07, 6.45) is 0.869. The summed E-state index contributed by atoms with van der Waals surface area (Å²) in [6, 6.07) is 18.1. The van der Waals surface area contributed by atoms with Crippen molar-refractivity contribution in [2.75, 3.05) is 11.5 Å². The van der Waals surface area contributed by atoms with Crippen LogP contribution in [0.3, 0.4) is 0 Å². The Labute approximate surface area is 208 Å². The number of halogens is 2. The normalized spacial score (nSPS) is 17.3. The lowest BCUT2D eigenvalue weighted by Crippen LogP contribution is -2.29. The summed E-state index contributed by atoms with van der Waals surface area (Å²) < 4.78 is 5.60. The summed E-state index contributed by atoms with van der Waals surface area (Å²) in [4.78, 5) is 27.9. The quantitative estimate of drug-likeness (QED) is 0.234. The topological polar surface area (TPSA) is 66.8 Å². The van der Waals surface area contributed by atoms with Crippen molar-refractivity contribution < 1.29 is 19.4 Å². The average molecular weight is 496 g/mol. The number of amides is 1. The number of aliphatic hydroxyl groups is 1. The minimum absolute atomic E-state index is 0.0212. The molecule has 0 saturated carbocycles. The van der Waals surface area contributed by atoms with Gasteiger partial charge < -0.3 is 9.84 Å². The fourth-order valence-corrected chi connectivity index (χ4v) is 4.27. The number of ether oxygens (including phenoxy) is 1. The first kappa shape index (κ1) is 23.9. The molecule has 1 amide bonds. The van der Waals surface area contributed by atoms with Crippen LogP contribution in [-0.2, 0) is 9.59 Å². The van der Waals surface area contributed by atoms with Gasteiger partial charge in [0.15, 0.2) is 0 Å². The van der Waals surface area contributed by atoms with E-state index in [1.165, 1.54) is 4.90 Å². The zero-order chi connectivity index (χ0) is 24.4. The van der Waals surface area contributed by atoms with Gasteiger partial charge in [0.05, 0.1) is 28.3 Å². The lowest BCUT2D eigenvalue weighted by atomic mass is 9.95. The van der Waals surface area contributed by atoms with Crippen LogP contribution in [0.2, 0.25) is 10.0 Å². The van der Waals surface area contributed by atoms with E-state index in [0.717, 1.165) is 12.0 Å². The molecule has 1 N–H and O–H groups in total. The summed E-state index contributed by atoms with van der Waals surface area (Å²) >= 11 is 12.4. The lowest BCUT2D eigenvalue weighted by Gasteiger charge is -2.26. The van der Waals surface area contributed by atoms with Crippen molar-refractivity contribution in [3.63, 3.8) is 0 Å². The maximum Gasteiger partial charge on any atom is 0.300 e. The zero-order valence-electron chi connectivity index (χ0n) is 18.7. The van der Waals surface area contributed by atoms with E-state index < -0.39 is 17.7 Å². The van der Waals surface area contributed by atoms with Crippen LogP contribution in [0.1, 0.15) is 36.1 Å². The number of carbonyl (C=O) groups excluding carboxylic acids is 2. The second kappa shape index (κ2) is 9.92. The number of nitrogens with zero attached hydrogens (tertiary/aromatic N) is 1. The minimum Gasteiger partial charge on any atom is -0.507 e. The van der Waals surface area contributed by atoms with E-state index in [1.54, 1.807) is 48.5 Å². The number of Topliss-reactive ketones (excluding diaryl/α,β-unsaturated/α-hetero) is 1. The summed E-state index contributed by atoms with van der Waals surface area (Å²) in [6.45, 7) is 4.48. The molecular formula is C27H23Cl2NO4. The van der Waals surface area contributed by atoms with Crippen molar-refractivity contribution in [2.24, 2.45) is 0 Å². The van der Waals surface area contributed by atoms with Crippen LogP contribution in [-0.4, -0.2) is 23.4 Å². The molecule has 1 aliphatic rings. The van der Waals surface area contributed by atoms with E-state index in [0.29, 0.717) is 34.2 Å². The van der Waals surface area contributed by atoms with Gasteiger partial charge in [0.1, 0.15) is 11.5 Å². The van der Waals surface area contributed by atoms with Gasteiger partial charge in [0, 0.05) is 11.3 Å².